The highest BCUT2D eigenvalue weighted by Gasteiger charge is 2.74. The molecule has 1 aliphatic heterocycles. The van der Waals surface area contributed by atoms with Crippen LogP contribution in [0.3, 0.4) is 0 Å². The molecule has 3 rings (SSSR count). The molecule has 0 bridgehead atoms. The summed E-state index contributed by atoms with van der Waals surface area (Å²) in [4.78, 5) is 25.2. The van der Waals surface area contributed by atoms with E-state index in [1.54, 1.807) is 14.2 Å². The van der Waals surface area contributed by atoms with Gasteiger partial charge in [0.15, 0.2) is 0 Å². The zero-order valence-corrected chi connectivity index (χ0v) is 10.6. The molecule has 2 aliphatic rings. The van der Waals surface area contributed by atoms with Crippen LogP contribution in [0.4, 0.5) is 0 Å². The number of methoxy groups -OCH3 is 1. The average Bonchev–Trinajstić information content (AvgIpc) is 2.96. The molecule has 4 nitrogen and oxygen atoms in total. The predicted molar refractivity (Wildman–Crippen MR) is 65.1 cm³/mol. The van der Waals surface area contributed by atoms with E-state index in [9.17, 15) is 9.59 Å². The van der Waals surface area contributed by atoms with Gasteiger partial charge in [-0.05, 0) is 17.7 Å². The van der Waals surface area contributed by atoms with Gasteiger partial charge in [-0.15, -0.1) is 0 Å². The van der Waals surface area contributed by atoms with Gasteiger partial charge in [-0.2, -0.15) is 0 Å². The Labute approximate surface area is 106 Å². The van der Waals surface area contributed by atoms with Crippen molar-refractivity contribution in [3.63, 3.8) is 0 Å². The average molecular weight is 245 g/mol. The fourth-order valence-electron chi connectivity index (χ4n) is 3.15. The summed E-state index contributed by atoms with van der Waals surface area (Å²) in [6.45, 7) is 1.99. The number of piperidine rings is 1. The smallest absolute Gasteiger partial charge is 0.233 e. The van der Waals surface area contributed by atoms with Crippen LogP contribution < -0.4 is 4.74 Å². The van der Waals surface area contributed by atoms with Gasteiger partial charge in [0.25, 0.3) is 0 Å². The Morgan fingerprint density at radius 3 is 2.39 bits per heavy atom. The molecule has 1 aromatic carbocycles. The molecule has 1 aromatic rings. The minimum Gasteiger partial charge on any atom is -0.497 e. The van der Waals surface area contributed by atoms with Crippen molar-refractivity contribution in [1.29, 1.82) is 0 Å². The minimum atomic E-state index is -0.352. The predicted octanol–water partition coefficient (Wildman–Crippen LogP) is 1.20. The van der Waals surface area contributed by atoms with Crippen molar-refractivity contribution in [3.8, 4) is 5.75 Å². The number of imide groups is 1. The first-order chi connectivity index (χ1) is 8.51. The molecule has 94 valence electrons. The first-order valence-corrected chi connectivity index (χ1v) is 5.97. The quantitative estimate of drug-likeness (QED) is 0.735. The summed E-state index contributed by atoms with van der Waals surface area (Å²) in [6.07, 6.45) is 0. The number of ether oxygens (including phenoxy) is 1. The number of likely N-dealkylation sites (tertiary alicyclic amines) is 1. The maximum Gasteiger partial charge on any atom is 0.233 e. The lowest BCUT2D eigenvalue weighted by molar-refractivity contribution is -0.140. The molecule has 1 saturated carbocycles. The Balaban J connectivity index is 2.00. The standard InChI is InChI=1S/C14H15NO3/c1-14(8-5-4-6-9(7-8)18-3)10-11(14)13(17)15(2)12(10)16/h4-7,10-11H,1-3H3/t10-,11+,14?. The summed E-state index contributed by atoms with van der Waals surface area (Å²) in [7, 11) is 3.17. The molecule has 18 heavy (non-hydrogen) atoms. The summed E-state index contributed by atoms with van der Waals surface area (Å²) in [5.41, 5.74) is 0.654. The lowest BCUT2D eigenvalue weighted by atomic mass is 9.92. The molecule has 1 aliphatic carbocycles. The van der Waals surface area contributed by atoms with Gasteiger partial charge in [-0.1, -0.05) is 19.1 Å². The van der Waals surface area contributed by atoms with Crippen molar-refractivity contribution >= 4 is 11.8 Å². The fourth-order valence-corrected chi connectivity index (χ4v) is 3.15. The summed E-state index contributed by atoms with van der Waals surface area (Å²) in [6, 6.07) is 7.63. The largest absolute Gasteiger partial charge is 0.497 e. The molecule has 4 heteroatoms. The topological polar surface area (TPSA) is 46.6 Å². The van der Waals surface area contributed by atoms with Gasteiger partial charge in [0.05, 0.1) is 18.9 Å². The van der Waals surface area contributed by atoms with Crippen LogP contribution in [0.15, 0.2) is 24.3 Å². The number of hydrogen-bond donors (Lipinski definition) is 0. The monoisotopic (exact) mass is 245 g/mol. The molecular formula is C14H15NO3. The van der Waals surface area contributed by atoms with Gasteiger partial charge in [-0.3, -0.25) is 14.5 Å². The van der Waals surface area contributed by atoms with Crippen molar-refractivity contribution in [2.45, 2.75) is 12.3 Å². The van der Waals surface area contributed by atoms with E-state index in [0.717, 1.165) is 11.3 Å². The normalized spacial score (nSPS) is 33.6. The summed E-state index contributed by atoms with van der Waals surface area (Å²) >= 11 is 0. The van der Waals surface area contributed by atoms with Crippen molar-refractivity contribution < 1.29 is 14.3 Å². The Kier molecular flexibility index (Phi) is 2.09. The van der Waals surface area contributed by atoms with E-state index in [1.165, 1.54) is 4.90 Å². The summed E-state index contributed by atoms with van der Waals surface area (Å²) < 4.78 is 5.19. The number of fused-ring (bicyclic) bond motifs is 1. The Morgan fingerprint density at radius 2 is 1.83 bits per heavy atom. The van der Waals surface area contributed by atoms with Crippen LogP contribution in [-0.2, 0) is 15.0 Å². The second-order valence-electron chi connectivity index (χ2n) is 5.21. The van der Waals surface area contributed by atoms with Gasteiger partial charge in [0, 0.05) is 12.5 Å². The molecule has 1 unspecified atom stereocenters. The maximum absolute atomic E-state index is 12.0. The van der Waals surface area contributed by atoms with Crippen LogP contribution in [-0.4, -0.2) is 30.9 Å². The van der Waals surface area contributed by atoms with Gasteiger partial charge in [0.2, 0.25) is 11.8 Å². The SMILES string of the molecule is COc1cccc(C2(C)[C@@H]3C(=O)N(C)C(=O)[C@@H]32)c1. The number of rotatable bonds is 2. The first kappa shape index (κ1) is 11.3. The third-order valence-corrected chi connectivity index (χ3v) is 4.40. The number of benzene rings is 1. The molecule has 0 N–H and O–H groups in total. The molecule has 2 fully saturated rings. The number of hydrogen-bond acceptors (Lipinski definition) is 3. The van der Waals surface area contributed by atoms with Gasteiger partial charge in [-0.25, -0.2) is 0 Å². The van der Waals surface area contributed by atoms with Crippen molar-refractivity contribution in [2.24, 2.45) is 11.8 Å². The van der Waals surface area contributed by atoms with Crippen LogP contribution >= 0.6 is 0 Å². The van der Waals surface area contributed by atoms with Gasteiger partial charge in [0.1, 0.15) is 5.75 Å². The zero-order chi connectivity index (χ0) is 13.1. The van der Waals surface area contributed by atoms with Gasteiger partial charge >= 0.3 is 0 Å². The Hall–Kier alpha value is -1.84. The highest BCUT2D eigenvalue weighted by molar-refractivity contribution is 6.11. The van der Waals surface area contributed by atoms with Gasteiger partial charge < -0.3 is 4.74 Å². The van der Waals surface area contributed by atoms with Crippen molar-refractivity contribution in [3.05, 3.63) is 29.8 Å². The van der Waals surface area contributed by atoms with E-state index in [-0.39, 0.29) is 29.1 Å². The van der Waals surface area contributed by atoms with E-state index < -0.39 is 0 Å². The highest BCUT2D eigenvalue weighted by Crippen LogP contribution is 2.64. The maximum atomic E-state index is 12.0. The number of amides is 2. The molecule has 0 radical (unpaired) electrons. The molecule has 3 atom stereocenters. The zero-order valence-electron chi connectivity index (χ0n) is 10.6. The fraction of sp³-hybridized carbons (Fsp3) is 0.429. The molecule has 0 aromatic heterocycles. The van der Waals surface area contributed by atoms with Crippen LogP contribution in [0.25, 0.3) is 0 Å². The number of nitrogens with zero attached hydrogens (tertiary/aromatic N) is 1. The number of carbonyl (C=O) groups is 2. The Bertz CT molecular complexity index is 530. The van der Waals surface area contributed by atoms with E-state index >= 15 is 0 Å². The second-order valence-corrected chi connectivity index (χ2v) is 5.21. The third-order valence-electron chi connectivity index (χ3n) is 4.40. The second kappa shape index (κ2) is 3.34. The molecule has 2 amide bonds. The van der Waals surface area contributed by atoms with Crippen molar-refractivity contribution in [1.82, 2.24) is 4.90 Å². The van der Waals surface area contributed by atoms with Crippen LogP contribution in [0.1, 0.15) is 12.5 Å². The Morgan fingerprint density at radius 1 is 1.22 bits per heavy atom. The third kappa shape index (κ3) is 1.15. The number of carbonyl (C=O) groups excluding carboxylic acids is 2. The van der Waals surface area contributed by atoms with Crippen LogP contribution in [0, 0.1) is 11.8 Å². The highest BCUT2D eigenvalue weighted by atomic mass is 16.5. The summed E-state index contributed by atoms with van der Waals surface area (Å²) in [5, 5.41) is 0. The minimum absolute atomic E-state index is 0.0599. The van der Waals surface area contributed by atoms with E-state index in [4.69, 9.17) is 4.74 Å². The lowest BCUT2D eigenvalue weighted by Gasteiger charge is -2.20. The van der Waals surface area contributed by atoms with E-state index in [1.807, 2.05) is 31.2 Å². The van der Waals surface area contributed by atoms with Crippen LogP contribution in [0.5, 0.6) is 5.75 Å². The molecule has 1 heterocycles. The van der Waals surface area contributed by atoms with Crippen molar-refractivity contribution in [2.75, 3.05) is 14.2 Å². The molecule has 1 saturated heterocycles. The summed E-state index contributed by atoms with van der Waals surface area (Å²) in [5.74, 6) is 0.252. The first-order valence-electron chi connectivity index (χ1n) is 5.97. The van der Waals surface area contributed by atoms with E-state index in [0.29, 0.717) is 0 Å². The van der Waals surface area contributed by atoms with E-state index in [2.05, 4.69) is 0 Å². The van der Waals surface area contributed by atoms with Crippen LogP contribution in [0.2, 0.25) is 0 Å². The molecule has 0 spiro atoms. The lowest BCUT2D eigenvalue weighted by Crippen LogP contribution is -2.34. The molecular weight excluding hydrogens is 230 g/mol.